The number of rotatable bonds is 10. The summed E-state index contributed by atoms with van der Waals surface area (Å²) in [5.74, 6) is 0.261. The minimum Gasteiger partial charge on any atom is -0.488 e. The van der Waals surface area contributed by atoms with Crippen molar-refractivity contribution in [2.75, 3.05) is 37.7 Å². The number of amides is 1. The maximum atomic E-state index is 14.1. The summed E-state index contributed by atoms with van der Waals surface area (Å²) in [6.45, 7) is 15.7. The summed E-state index contributed by atoms with van der Waals surface area (Å²) < 4.78 is 43.3. The fraction of sp³-hybridized carbons (Fsp3) is 0.425. The number of hydrogen-bond donors (Lipinski definition) is 1. The largest absolute Gasteiger partial charge is 0.488 e. The lowest BCUT2D eigenvalue weighted by Crippen LogP contribution is -2.48. The van der Waals surface area contributed by atoms with Gasteiger partial charge in [0.2, 0.25) is 16.0 Å². The first-order chi connectivity index (χ1) is 25.9. The zero-order chi connectivity index (χ0) is 38.2. The summed E-state index contributed by atoms with van der Waals surface area (Å²) >= 11 is 0. The average molecular weight is 753 g/mol. The normalized spacial score (nSPS) is 18.1. The molecule has 5 aromatic rings. The van der Waals surface area contributed by atoms with Crippen LogP contribution in [0.15, 0.2) is 71.9 Å². The van der Waals surface area contributed by atoms with Crippen molar-refractivity contribution in [3.05, 3.63) is 100 Å². The molecule has 2 aliphatic heterocycles. The molecule has 0 bridgehead atoms. The van der Waals surface area contributed by atoms with Gasteiger partial charge in [0.05, 0.1) is 30.8 Å². The minimum absolute atomic E-state index is 0.158. The fourth-order valence-corrected chi connectivity index (χ4v) is 9.12. The molecule has 1 fully saturated rings. The number of aromatic nitrogens is 5. The van der Waals surface area contributed by atoms with Crippen LogP contribution in [0.5, 0.6) is 5.75 Å². The first kappa shape index (κ1) is 37.4. The van der Waals surface area contributed by atoms with Gasteiger partial charge in [-0.3, -0.25) is 4.79 Å². The molecule has 0 aliphatic carbocycles. The highest BCUT2D eigenvalue weighted by Crippen LogP contribution is 2.40. The number of benzene rings is 3. The van der Waals surface area contributed by atoms with Crippen LogP contribution in [0.3, 0.4) is 0 Å². The Morgan fingerprint density at radius 3 is 2.48 bits per heavy atom. The third-order valence-corrected chi connectivity index (χ3v) is 12.5. The second kappa shape index (κ2) is 15.1. The quantitative estimate of drug-likeness (QED) is 0.197. The number of anilines is 1. The van der Waals surface area contributed by atoms with Crippen LogP contribution in [0, 0.1) is 13.8 Å². The van der Waals surface area contributed by atoms with Crippen molar-refractivity contribution in [3.8, 4) is 5.75 Å². The summed E-state index contributed by atoms with van der Waals surface area (Å²) in [6, 6.07) is 17.1. The molecule has 2 atom stereocenters. The van der Waals surface area contributed by atoms with Crippen LogP contribution in [0.25, 0.3) is 11.0 Å². The van der Waals surface area contributed by atoms with E-state index >= 15 is 0 Å². The lowest BCUT2D eigenvalue weighted by molar-refractivity contribution is 0.0905. The molecule has 0 saturated carbocycles. The number of hydrogen-bond acceptors (Lipinski definition) is 10. The Morgan fingerprint density at radius 2 is 1.76 bits per heavy atom. The zero-order valence-electron chi connectivity index (χ0n) is 31.7. The molecule has 0 spiro atoms. The topological polar surface area (TPSA) is 145 Å². The van der Waals surface area contributed by atoms with Gasteiger partial charge >= 0.3 is 0 Å². The summed E-state index contributed by atoms with van der Waals surface area (Å²) in [7, 11) is -3.87. The highest BCUT2D eigenvalue weighted by molar-refractivity contribution is 7.89. The van der Waals surface area contributed by atoms with E-state index in [1.54, 1.807) is 36.7 Å². The van der Waals surface area contributed by atoms with E-state index in [1.807, 2.05) is 63.3 Å². The van der Waals surface area contributed by atoms with Gasteiger partial charge in [0, 0.05) is 50.0 Å². The Bertz CT molecular complexity index is 2270. The van der Waals surface area contributed by atoms with E-state index in [0.717, 1.165) is 38.9 Å². The molecule has 1 unspecified atom stereocenters. The van der Waals surface area contributed by atoms with Crippen molar-refractivity contribution in [2.24, 2.45) is 0 Å². The molecule has 1 N–H and O–H groups in total. The Morgan fingerprint density at radius 1 is 1.02 bits per heavy atom. The van der Waals surface area contributed by atoms with E-state index in [2.05, 4.69) is 43.8 Å². The van der Waals surface area contributed by atoms with Gasteiger partial charge in [-0.25, -0.2) is 23.1 Å². The predicted molar refractivity (Wildman–Crippen MR) is 206 cm³/mol. The van der Waals surface area contributed by atoms with Crippen LogP contribution >= 0.6 is 0 Å². The molecular formula is C40H48N8O5S. The number of carbonyl (C=O) groups is 1. The van der Waals surface area contributed by atoms with Crippen LogP contribution in [0.4, 0.5) is 5.95 Å². The van der Waals surface area contributed by atoms with Crippen molar-refractivity contribution in [2.45, 2.75) is 83.5 Å². The Hall–Kier alpha value is -4.92. The van der Waals surface area contributed by atoms with Crippen LogP contribution in [-0.4, -0.2) is 88.1 Å². The number of nitrogens with zero attached hydrogens (tertiary/aromatic N) is 7. The predicted octanol–water partition coefficient (Wildman–Crippen LogP) is 5.40. The second-order valence-corrected chi connectivity index (χ2v) is 16.5. The Balaban J connectivity index is 1.27. The highest BCUT2D eigenvalue weighted by Gasteiger charge is 2.38. The average Bonchev–Trinajstić information content (AvgIpc) is 3.56. The molecule has 284 valence electrons. The van der Waals surface area contributed by atoms with Crippen LogP contribution < -0.4 is 15.0 Å². The third-order valence-electron chi connectivity index (χ3n) is 10.6. The first-order valence-corrected chi connectivity index (χ1v) is 20.0. The van der Waals surface area contributed by atoms with Gasteiger partial charge in [-0.05, 0) is 87.1 Å². The Labute approximate surface area is 316 Å². The SMILES string of the molecule is CC[C@@H]1CN(Cc2cc(C(c3ccc4c(nnn4CC)c3C)C(C)(C)NC(=O)c3cnc(N4CCOCC4)nc3)ccc2C)S(=O)(=O)c2ccccc2O1. The number of sulfonamides is 1. The van der Waals surface area contributed by atoms with Gasteiger partial charge in [0.1, 0.15) is 22.3 Å². The number of aryl methyl sites for hydroxylation is 3. The second-order valence-electron chi connectivity index (χ2n) is 14.6. The van der Waals surface area contributed by atoms with Gasteiger partial charge < -0.3 is 19.7 Å². The molecule has 54 heavy (non-hydrogen) atoms. The summed E-state index contributed by atoms with van der Waals surface area (Å²) in [4.78, 5) is 25.2. The Kier molecular flexibility index (Phi) is 10.4. The lowest BCUT2D eigenvalue weighted by Gasteiger charge is -2.37. The highest BCUT2D eigenvalue weighted by atomic mass is 32.2. The van der Waals surface area contributed by atoms with Crippen molar-refractivity contribution in [1.29, 1.82) is 0 Å². The van der Waals surface area contributed by atoms with Crippen LogP contribution in [0.1, 0.15) is 78.2 Å². The number of fused-ring (bicyclic) bond motifs is 2. The van der Waals surface area contributed by atoms with Crippen LogP contribution in [-0.2, 0) is 27.8 Å². The number of nitrogens with one attached hydrogen (secondary N) is 1. The molecule has 13 nitrogen and oxygen atoms in total. The molecule has 1 amide bonds. The molecule has 3 aromatic carbocycles. The maximum Gasteiger partial charge on any atom is 0.254 e. The zero-order valence-corrected chi connectivity index (χ0v) is 32.6. The van der Waals surface area contributed by atoms with Crippen molar-refractivity contribution in [3.63, 3.8) is 0 Å². The van der Waals surface area contributed by atoms with Crippen molar-refractivity contribution < 1.29 is 22.7 Å². The molecule has 2 aromatic heterocycles. The smallest absolute Gasteiger partial charge is 0.254 e. The fourth-order valence-electron chi connectivity index (χ4n) is 7.55. The summed E-state index contributed by atoms with van der Waals surface area (Å²) in [5, 5.41) is 12.2. The number of carbonyl (C=O) groups excluding carboxylic acids is 1. The molecule has 14 heteroatoms. The van der Waals surface area contributed by atoms with E-state index in [0.29, 0.717) is 56.5 Å². The summed E-state index contributed by atoms with van der Waals surface area (Å²) in [5.41, 5.74) is 5.87. The van der Waals surface area contributed by atoms with Gasteiger partial charge in [-0.2, -0.15) is 4.31 Å². The first-order valence-electron chi connectivity index (χ1n) is 18.6. The van der Waals surface area contributed by atoms with E-state index < -0.39 is 15.6 Å². The van der Waals surface area contributed by atoms with E-state index in [9.17, 15) is 13.2 Å². The molecule has 0 radical (unpaired) electrons. The van der Waals surface area contributed by atoms with Crippen molar-refractivity contribution >= 4 is 32.9 Å². The molecule has 7 rings (SSSR count). The molecule has 2 aliphatic rings. The number of morpholine rings is 1. The van der Waals surface area contributed by atoms with E-state index in [4.69, 9.17) is 9.47 Å². The van der Waals surface area contributed by atoms with Crippen molar-refractivity contribution in [1.82, 2.24) is 34.6 Å². The standard InChI is InChI=1S/C40H48N8O5S/c1-7-31-25-47(54(50,51)35-12-10-9-11-34(35)53-31)24-29-21-28(14-13-26(29)3)36(32-15-16-33-37(27(32)4)44-45-48(33)8-2)40(5,6)43-38(49)30-22-41-39(42-23-30)46-17-19-52-20-18-46/h9-16,21-23,31,36H,7-8,17-20,24-25H2,1-6H3,(H,43,49)/t31-,36?/m1/s1. The van der Waals surface area contributed by atoms with Gasteiger partial charge in [0.15, 0.2) is 0 Å². The molecule has 4 heterocycles. The van der Waals surface area contributed by atoms with Gasteiger partial charge in [-0.1, -0.05) is 48.5 Å². The molecule has 1 saturated heterocycles. The third kappa shape index (κ3) is 7.17. The monoisotopic (exact) mass is 752 g/mol. The number of para-hydroxylation sites is 1. The van der Waals surface area contributed by atoms with Gasteiger partial charge in [0.25, 0.3) is 5.91 Å². The van der Waals surface area contributed by atoms with E-state index in [1.165, 1.54) is 4.31 Å². The van der Waals surface area contributed by atoms with Crippen LogP contribution in [0.2, 0.25) is 0 Å². The van der Waals surface area contributed by atoms with Gasteiger partial charge in [-0.15, -0.1) is 5.10 Å². The number of ether oxygens (including phenoxy) is 2. The van der Waals surface area contributed by atoms with E-state index in [-0.39, 0.29) is 35.9 Å². The lowest BCUT2D eigenvalue weighted by atomic mass is 9.74. The molecular weight excluding hydrogens is 705 g/mol. The minimum atomic E-state index is -3.87. The maximum absolute atomic E-state index is 14.1. The summed E-state index contributed by atoms with van der Waals surface area (Å²) in [6.07, 6.45) is 3.48.